The molecular formula is C26H21F3N6O2. The first-order valence-electron chi connectivity index (χ1n) is 11.0. The summed E-state index contributed by atoms with van der Waals surface area (Å²) in [5, 5.41) is 7.79. The second-order valence-corrected chi connectivity index (χ2v) is 8.05. The Balaban J connectivity index is 1.52. The van der Waals surface area contributed by atoms with Crippen molar-refractivity contribution in [3.05, 3.63) is 84.4 Å². The number of nitrogens with one attached hydrogen (secondary N) is 3. The predicted molar refractivity (Wildman–Crippen MR) is 134 cm³/mol. The average molecular weight is 506 g/mol. The number of rotatable bonds is 5. The van der Waals surface area contributed by atoms with Crippen LogP contribution in [0.25, 0.3) is 22.4 Å². The maximum Gasteiger partial charge on any atom is 0.416 e. The molecule has 0 atom stereocenters. The third-order valence-electron chi connectivity index (χ3n) is 5.25. The number of urea groups is 1. The molecule has 1 aromatic carbocycles. The van der Waals surface area contributed by atoms with E-state index in [-0.39, 0.29) is 11.6 Å². The molecule has 0 bridgehead atoms. The zero-order valence-corrected chi connectivity index (χ0v) is 19.7. The summed E-state index contributed by atoms with van der Waals surface area (Å²) in [5.74, 6) is 0.167. The van der Waals surface area contributed by atoms with E-state index in [0.29, 0.717) is 22.9 Å². The Morgan fingerprint density at radius 1 is 0.784 bits per heavy atom. The molecule has 0 unspecified atom stereocenters. The molecule has 0 aliphatic heterocycles. The third kappa shape index (κ3) is 6.45. The van der Waals surface area contributed by atoms with Gasteiger partial charge in [0.2, 0.25) is 5.91 Å². The lowest BCUT2D eigenvalue weighted by atomic mass is 10.0. The lowest BCUT2D eigenvalue weighted by Gasteiger charge is -2.12. The monoisotopic (exact) mass is 506 g/mol. The summed E-state index contributed by atoms with van der Waals surface area (Å²) >= 11 is 0. The number of aromatic nitrogens is 3. The molecule has 4 rings (SSSR count). The SMILES string of the molecule is CC(=O)Nc1cc(-c2cc(-c3cc(NC(=O)Nc4ccc(C(F)(F)F)cc4)cnc3C)ccn2)ccn1. The Kier molecular flexibility index (Phi) is 7.14. The molecule has 0 radical (unpaired) electrons. The number of hydrogen-bond acceptors (Lipinski definition) is 5. The van der Waals surface area contributed by atoms with Gasteiger partial charge in [-0.1, -0.05) is 0 Å². The number of alkyl halides is 3. The quantitative estimate of drug-likeness (QED) is 0.302. The number of hydrogen-bond donors (Lipinski definition) is 3. The van der Waals surface area contributed by atoms with E-state index in [0.717, 1.165) is 28.8 Å². The van der Waals surface area contributed by atoms with Gasteiger partial charge in [-0.25, -0.2) is 9.78 Å². The Bertz CT molecular complexity index is 1460. The molecule has 3 heterocycles. The second kappa shape index (κ2) is 10.4. The van der Waals surface area contributed by atoms with Gasteiger partial charge in [-0.3, -0.25) is 14.8 Å². The topological polar surface area (TPSA) is 109 Å². The van der Waals surface area contributed by atoms with Crippen molar-refractivity contribution in [1.82, 2.24) is 15.0 Å². The van der Waals surface area contributed by atoms with Crippen LogP contribution in [0.5, 0.6) is 0 Å². The second-order valence-electron chi connectivity index (χ2n) is 8.05. The largest absolute Gasteiger partial charge is 0.416 e. The Hall–Kier alpha value is -4.80. The van der Waals surface area contributed by atoms with Crippen LogP contribution in [0, 0.1) is 6.92 Å². The summed E-state index contributed by atoms with van der Waals surface area (Å²) in [5.41, 5.74) is 3.42. The van der Waals surface area contributed by atoms with Crippen molar-refractivity contribution in [2.45, 2.75) is 20.0 Å². The molecule has 37 heavy (non-hydrogen) atoms. The number of nitrogens with zero attached hydrogens (tertiary/aromatic N) is 3. The van der Waals surface area contributed by atoms with E-state index in [1.54, 1.807) is 36.7 Å². The number of anilines is 3. The number of carbonyl (C=O) groups is 2. The van der Waals surface area contributed by atoms with E-state index in [1.165, 1.54) is 25.3 Å². The highest BCUT2D eigenvalue weighted by atomic mass is 19.4. The summed E-state index contributed by atoms with van der Waals surface area (Å²) in [6, 6.07) is 12.4. The van der Waals surface area contributed by atoms with Gasteiger partial charge in [0.1, 0.15) is 5.82 Å². The van der Waals surface area contributed by atoms with Gasteiger partial charge in [0, 0.05) is 41.8 Å². The first-order chi connectivity index (χ1) is 17.6. The van der Waals surface area contributed by atoms with Crippen molar-refractivity contribution >= 4 is 29.1 Å². The zero-order valence-electron chi connectivity index (χ0n) is 19.7. The van der Waals surface area contributed by atoms with Crippen LogP contribution < -0.4 is 16.0 Å². The fourth-order valence-corrected chi connectivity index (χ4v) is 3.52. The highest BCUT2D eigenvalue weighted by molar-refractivity contribution is 6.00. The van der Waals surface area contributed by atoms with Gasteiger partial charge in [-0.05, 0) is 67.1 Å². The zero-order chi connectivity index (χ0) is 26.6. The van der Waals surface area contributed by atoms with Gasteiger partial charge in [-0.15, -0.1) is 0 Å². The molecule has 4 aromatic rings. The molecule has 3 aromatic heterocycles. The molecule has 0 aliphatic carbocycles. The van der Waals surface area contributed by atoms with Crippen molar-refractivity contribution in [2.24, 2.45) is 0 Å². The smallest absolute Gasteiger partial charge is 0.311 e. The number of aryl methyl sites for hydroxylation is 1. The minimum atomic E-state index is -4.46. The Morgan fingerprint density at radius 3 is 2.16 bits per heavy atom. The van der Waals surface area contributed by atoms with Crippen LogP contribution in [-0.2, 0) is 11.0 Å². The van der Waals surface area contributed by atoms with Crippen LogP contribution in [0.1, 0.15) is 18.2 Å². The van der Waals surface area contributed by atoms with Crippen LogP contribution in [0.15, 0.2) is 73.2 Å². The molecule has 0 spiro atoms. The lowest BCUT2D eigenvalue weighted by molar-refractivity contribution is -0.137. The standard InChI is InChI=1S/C26H21F3N6O2/c1-15-22(17-7-9-30-23(11-17)18-8-10-31-24(12-18)33-16(2)36)13-21(14-32-15)35-25(37)34-20-5-3-19(4-6-20)26(27,28)29/h3-14H,1-2H3,(H,31,33,36)(H2,34,35,37). The highest BCUT2D eigenvalue weighted by Gasteiger charge is 2.30. The van der Waals surface area contributed by atoms with Gasteiger partial charge in [-0.2, -0.15) is 13.2 Å². The van der Waals surface area contributed by atoms with E-state index in [1.807, 2.05) is 13.0 Å². The van der Waals surface area contributed by atoms with E-state index in [4.69, 9.17) is 0 Å². The molecule has 8 nitrogen and oxygen atoms in total. The molecule has 188 valence electrons. The van der Waals surface area contributed by atoms with E-state index in [9.17, 15) is 22.8 Å². The molecular weight excluding hydrogens is 485 g/mol. The maximum atomic E-state index is 12.7. The average Bonchev–Trinajstić information content (AvgIpc) is 2.85. The molecule has 3 amide bonds. The summed E-state index contributed by atoms with van der Waals surface area (Å²) in [6.07, 6.45) is 0.236. The van der Waals surface area contributed by atoms with Crippen LogP contribution in [0.4, 0.5) is 35.2 Å². The summed E-state index contributed by atoms with van der Waals surface area (Å²) in [6.45, 7) is 3.22. The first kappa shape index (κ1) is 25.3. The third-order valence-corrected chi connectivity index (χ3v) is 5.25. The van der Waals surface area contributed by atoms with Crippen LogP contribution >= 0.6 is 0 Å². The van der Waals surface area contributed by atoms with Crippen molar-refractivity contribution in [3.63, 3.8) is 0 Å². The first-order valence-corrected chi connectivity index (χ1v) is 11.0. The summed E-state index contributed by atoms with van der Waals surface area (Å²) in [7, 11) is 0. The van der Waals surface area contributed by atoms with E-state index >= 15 is 0 Å². The fraction of sp³-hybridized carbons (Fsp3) is 0.115. The van der Waals surface area contributed by atoms with Crippen molar-refractivity contribution in [3.8, 4) is 22.4 Å². The van der Waals surface area contributed by atoms with Gasteiger partial charge >= 0.3 is 12.2 Å². The maximum absolute atomic E-state index is 12.7. The molecule has 3 N–H and O–H groups in total. The number of benzene rings is 1. The summed E-state index contributed by atoms with van der Waals surface area (Å²) < 4.78 is 38.2. The number of amides is 3. The van der Waals surface area contributed by atoms with Crippen LogP contribution in [-0.4, -0.2) is 26.9 Å². The fourth-order valence-electron chi connectivity index (χ4n) is 3.52. The van der Waals surface area contributed by atoms with Crippen molar-refractivity contribution < 1.29 is 22.8 Å². The van der Waals surface area contributed by atoms with E-state index < -0.39 is 17.8 Å². The van der Waals surface area contributed by atoms with E-state index in [2.05, 4.69) is 30.9 Å². The minimum Gasteiger partial charge on any atom is -0.311 e. The number of halogens is 3. The molecule has 0 fully saturated rings. The Labute approximate surface area is 210 Å². The highest BCUT2D eigenvalue weighted by Crippen LogP contribution is 2.30. The molecule has 0 saturated heterocycles. The molecule has 11 heteroatoms. The molecule has 0 aliphatic rings. The van der Waals surface area contributed by atoms with Gasteiger partial charge in [0.15, 0.2) is 0 Å². The lowest BCUT2D eigenvalue weighted by Crippen LogP contribution is -2.19. The van der Waals surface area contributed by atoms with Gasteiger partial charge in [0.25, 0.3) is 0 Å². The van der Waals surface area contributed by atoms with Gasteiger partial charge < -0.3 is 16.0 Å². The van der Waals surface area contributed by atoms with Crippen molar-refractivity contribution in [1.29, 1.82) is 0 Å². The molecule has 0 saturated carbocycles. The van der Waals surface area contributed by atoms with Gasteiger partial charge in [0.05, 0.1) is 23.1 Å². The van der Waals surface area contributed by atoms with Crippen LogP contribution in [0.2, 0.25) is 0 Å². The number of pyridine rings is 3. The minimum absolute atomic E-state index is 0.209. The summed E-state index contributed by atoms with van der Waals surface area (Å²) in [4.78, 5) is 36.7. The normalized spacial score (nSPS) is 11.1. The number of carbonyl (C=O) groups excluding carboxylic acids is 2. The van der Waals surface area contributed by atoms with Crippen molar-refractivity contribution in [2.75, 3.05) is 16.0 Å². The Morgan fingerprint density at radius 2 is 1.46 bits per heavy atom. The van der Waals surface area contributed by atoms with Crippen LogP contribution in [0.3, 0.4) is 0 Å². The predicted octanol–water partition coefficient (Wildman–Crippen LogP) is 6.14.